The zero-order valence-corrected chi connectivity index (χ0v) is 31.4. The number of pyridine rings is 2. The number of phenols is 1. The number of rotatable bonds is 4. The van der Waals surface area contributed by atoms with Gasteiger partial charge in [-0.3, -0.25) is 4.98 Å². The van der Waals surface area contributed by atoms with Crippen molar-refractivity contribution in [3.05, 3.63) is 131 Å². The van der Waals surface area contributed by atoms with Crippen LogP contribution in [0.5, 0.6) is 5.75 Å². The number of nitrogens with zero attached hydrogens (tertiary/aromatic N) is 3. The molecule has 4 nitrogen and oxygen atoms in total. The monoisotopic (exact) mass is 903 g/mol. The quantitative estimate of drug-likeness (QED) is 0.141. The smallest absolute Gasteiger partial charge is 0.416 e. The van der Waals surface area contributed by atoms with E-state index in [1.807, 2.05) is 32.0 Å². The third-order valence-electron chi connectivity index (χ3n) is 9.28. The van der Waals surface area contributed by atoms with Crippen molar-refractivity contribution in [2.75, 3.05) is 0 Å². The first kappa shape index (κ1) is 37.8. The Morgan fingerprint density at radius 1 is 0.679 bits per heavy atom. The predicted molar refractivity (Wildman–Crippen MR) is 191 cm³/mol. The maximum Gasteiger partial charge on any atom is 0.416 e. The average molecular weight is 904 g/mol. The Balaban J connectivity index is 0.00000481. The van der Waals surface area contributed by atoms with Crippen molar-refractivity contribution < 1.29 is 52.5 Å². The molecule has 0 atom stereocenters. The van der Waals surface area contributed by atoms with Crippen LogP contribution >= 0.6 is 0 Å². The topological polar surface area (TPSA) is 50.9 Å². The number of fused-ring (bicyclic) bond motifs is 3. The van der Waals surface area contributed by atoms with E-state index >= 15 is 0 Å². The van der Waals surface area contributed by atoms with E-state index in [1.165, 1.54) is 16.2 Å². The van der Waals surface area contributed by atoms with E-state index in [0.29, 0.717) is 45.1 Å². The van der Waals surface area contributed by atoms with Gasteiger partial charge in [-0.05, 0) is 94.4 Å². The summed E-state index contributed by atoms with van der Waals surface area (Å²) in [7, 11) is 0. The van der Waals surface area contributed by atoms with Crippen molar-refractivity contribution in [1.29, 1.82) is 0 Å². The second-order valence-corrected chi connectivity index (χ2v) is 14.0. The molecule has 0 aliphatic rings. The van der Waals surface area contributed by atoms with Gasteiger partial charge in [0.2, 0.25) is 0 Å². The number of para-hydroxylation sites is 1. The molecule has 0 amide bonds. The fraction of sp³-hybridized carbons (Fsp3) is 0.190. The number of alkyl halides is 6. The van der Waals surface area contributed by atoms with Crippen LogP contribution in [0.4, 0.5) is 26.3 Å². The van der Waals surface area contributed by atoms with Crippen LogP contribution in [-0.2, 0) is 38.8 Å². The number of aromatic hydroxyl groups is 1. The number of benzene rings is 4. The average Bonchev–Trinajstić information content (AvgIpc) is 3.40. The fourth-order valence-electron chi connectivity index (χ4n) is 6.72. The molecule has 3 aromatic heterocycles. The van der Waals surface area contributed by atoms with E-state index in [0.717, 1.165) is 40.6 Å². The van der Waals surface area contributed by atoms with Crippen LogP contribution in [0, 0.1) is 19.9 Å². The standard InChI is InChI=1S/C42H32F6N3O.Pt/c1-23-16-28(40(3,4)5)17-24(2)39(23)26-11-13-35-32(18-26)31-12-10-25(30-8-6-7-9-37(30)52)19-36(31)51(35)38-22-29(42(46,47)48)21-34(50-38)33-20-27(14-15-49-33)41(43,44)45;/h6-18,20-22,52H,1-5H3;/q-1;. The van der Waals surface area contributed by atoms with E-state index in [2.05, 4.69) is 48.9 Å². The summed E-state index contributed by atoms with van der Waals surface area (Å²) in [6.45, 7) is 10.6. The van der Waals surface area contributed by atoms with Crippen LogP contribution in [0.3, 0.4) is 0 Å². The van der Waals surface area contributed by atoms with Gasteiger partial charge in [0.05, 0.1) is 28.3 Å². The second kappa shape index (κ2) is 13.5. The van der Waals surface area contributed by atoms with Gasteiger partial charge in [0.25, 0.3) is 0 Å². The van der Waals surface area contributed by atoms with Crippen LogP contribution in [0.1, 0.15) is 48.6 Å². The molecule has 0 spiro atoms. The van der Waals surface area contributed by atoms with Crippen molar-refractivity contribution in [2.24, 2.45) is 0 Å². The summed E-state index contributed by atoms with van der Waals surface area (Å²) in [4.78, 5) is 8.47. The maximum absolute atomic E-state index is 14.5. The molecule has 7 aromatic rings. The minimum Gasteiger partial charge on any atom is -0.517 e. The van der Waals surface area contributed by atoms with Gasteiger partial charge >= 0.3 is 12.4 Å². The summed E-state index contributed by atoms with van der Waals surface area (Å²) in [6.07, 6.45) is -8.71. The molecule has 274 valence electrons. The first-order chi connectivity index (χ1) is 24.4. The largest absolute Gasteiger partial charge is 0.517 e. The molecule has 0 aliphatic heterocycles. The summed E-state index contributed by atoms with van der Waals surface area (Å²) in [5.74, 6) is -0.202. The first-order valence-electron chi connectivity index (χ1n) is 16.4. The van der Waals surface area contributed by atoms with Gasteiger partial charge < -0.3 is 9.67 Å². The molecule has 0 saturated carbocycles. The van der Waals surface area contributed by atoms with Crippen LogP contribution in [0.25, 0.3) is 61.3 Å². The van der Waals surface area contributed by atoms with Crippen LogP contribution in [0.15, 0.2) is 97.2 Å². The molecule has 0 saturated heterocycles. The molecule has 0 unspecified atom stereocenters. The van der Waals surface area contributed by atoms with Gasteiger partial charge in [-0.25, -0.2) is 4.98 Å². The Morgan fingerprint density at radius 3 is 1.98 bits per heavy atom. The maximum atomic E-state index is 14.5. The molecule has 0 fully saturated rings. The number of hydrogen-bond donors (Lipinski definition) is 1. The number of aromatic nitrogens is 3. The van der Waals surface area contributed by atoms with Crippen molar-refractivity contribution in [1.82, 2.24) is 14.5 Å². The second-order valence-electron chi connectivity index (χ2n) is 14.0. The SMILES string of the molecule is Cc1cc(C(C)(C)C)cc(C)c1-c1ccc2c(c1)c1ccc(-c3ccccc3O)[c-]c1n2-c1cc(C(F)(F)F)cc(-c2cc(C(F)(F)F)ccn2)n1.[Pt]. The molecule has 53 heavy (non-hydrogen) atoms. The zero-order chi connectivity index (χ0) is 37.3. The Kier molecular flexibility index (Phi) is 9.61. The molecule has 3 heterocycles. The van der Waals surface area contributed by atoms with Crippen LogP contribution in [-0.4, -0.2) is 19.6 Å². The normalized spacial score (nSPS) is 12.4. The van der Waals surface area contributed by atoms with Crippen molar-refractivity contribution in [3.8, 4) is 45.2 Å². The number of phenolic OH excluding ortho intramolecular Hbond substituents is 1. The van der Waals surface area contributed by atoms with E-state index in [9.17, 15) is 31.4 Å². The Morgan fingerprint density at radius 2 is 1.34 bits per heavy atom. The minimum absolute atomic E-state index is 0. The van der Waals surface area contributed by atoms with Crippen molar-refractivity contribution >= 4 is 21.8 Å². The van der Waals surface area contributed by atoms with Gasteiger partial charge in [-0.1, -0.05) is 74.2 Å². The van der Waals surface area contributed by atoms with E-state index < -0.39 is 23.5 Å². The van der Waals surface area contributed by atoms with E-state index in [4.69, 9.17) is 0 Å². The molecule has 1 N–H and O–H groups in total. The third kappa shape index (κ3) is 7.09. The van der Waals surface area contributed by atoms with Gasteiger partial charge in [0.15, 0.2) is 0 Å². The third-order valence-corrected chi connectivity index (χ3v) is 9.28. The number of hydrogen-bond acceptors (Lipinski definition) is 3. The van der Waals surface area contributed by atoms with Gasteiger partial charge in [-0.15, -0.1) is 23.8 Å². The van der Waals surface area contributed by atoms with Crippen molar-refractivity contribution in [3.63, 3.8) is 0 Å². The summed E-state index contributed by atoms with van der Waals surface area (Å²) in [6, 6.07) is 26.6. The molecular formula is C42H32F6N3OPt-. The first-order valence-corrected chi connectivity index (χ1v) is 16.4. The Labute approximate surface area is 316 Å². The molecular weight excluding hydrogens is 872 g/mol. The zero-order valence-electron chi connectivity index (χ0n) is 29.1. The van der Waals surface area contributed by atoms with Crippen LogP contribution in [0.2, 0.25) is 0 Å². The van der Waals surface area contributed by atoms with Gasteiger partial charge in [-0.2, -0.15) is 26.3 Å². The predicted octanol–water partition coefficient (Wildman–Crippen LogP) is 12.0. The summed E-state index contributed by atoms with van der Waals surface area (Å²) in [5.41, 5.74) is 4.06. The summed E-state index contributed by atoms with van der Waals surface area (Å²) < 4.78 is 85.8. The van der Waals surface area contributed by atoms with Gasteiger partial charge in [0.1, 0.15) is 5.82 Å². The molecule has 0 radical (unpaired) electrons. The molecule has 11 heteroatoms. The van der Waals surface area contributed by atoms with Crippen molar-refractivity contribution in [2.45, 2.75) is 52.4 Å². The Hall–Kier alpha value is -4.95. The van der Waals surface area contributed by atoms with E-state index in [-0.39, 0.29) is 49.4 Å². The summed E-state index contributed by atoms with van der Waals surface area (Å²) in [5, 5.41) is 12.0. The van der Waals surface area contributed by atoms with E-state index in [1.54, 1.807) is 30.3 Å². The molecule has 4 aromatic carbocycles. The summed E-state index contributed by atoms with van der Waals surface area (Å²) >= 11 is 0. The number of halogens is 6. The van der Waals surface area contributed by atoms with Crippen LogP contribution < -0.4 is 0 Å². The molecule has 0 bridgehead atoms. The Bertz CT molecular complexity index is 2510. The number of aryl methyl sites for hydroxylation is 2. The molecule has 0 aliphatic carbocycles. The fourth-order valence-corrected chi connectivity index (χ4v) is 6.72. The van der Waals surface area contributed by atoms with Gasteiger partial charge in [0, 0.05) is 32.8 Å². The minimum atomic E-state index is -4.86. The molecule has 7 rings (SSSR count).